The molecule has 0 saturated carbocycles. The summed E-state index contributed by atoms with van der Waals surface area (Å²) >= 11 is 0. The van der Waals surface area contributed by atoms with Crippen LogP contribution in [0.1, 0.15) is 43.0 Å². The number of hydrogen-bond acceptors (Lipinski definition) is 14. The molecule has 0 unspecified atom stereocenters. The number of ether oxygens (including phenoxy) is 12. The van der Waals surface area contributed by atoms with Crippen molar-refractivity contribution >= 4 is 11.8 Å². The van der Waals surface area contributed by atoms with Gasteiger partial charge in [0.05, 0.1) is 139 Å². The Labute approximate surface area is 298 Å². The third-order valence-electron chi connectivity index (χ3n) is 6.54. The lowest BCUT2D eigenvalue weighted by Crippen LogP contribution is -2.20. The van der Waals surface area contributed by atoms with E-state index >= 15 is 0 Å². The number of benzene rings is 1. The molecule has 0 bridgehead atoms. The van der Waals surface area contributed by atoms with Crippen LogP contribution in [0.4, 0.5) is 0 Å². The molecule has 0 spiro atoms. The highest BCUT2D eigenvalue weighted by Crippen LogP contribution is 2.01. The minimum absolute atomic E-state index is 0.00191. The molecule has 0 radical (unpaired) electrons. The Morgan fingerprint density at radius 1 is 0.380 bits per heavy atom. The summed E-state index contributed by atoms with van der Waals surface area (Å²) in [6, 6.07) is 8.26. The molecule has 0 aromatic heterocycles. The Morgan fingerprint density at radius 3 is 1.00 bits per heavy atom. The minimum atomic E-state index is -0.896. The summed E-state index contributed by atoms with van der Waals surface area (Å²) in [6.45, 7) is 13.0. The van der Waals surface area contributed by atoms with Crippen LogP contribution in [-0.4, -0.2) is 164 Å². The summed E-state index contributed by atoms with van der Waals surface area (Å²) in [5.41, 5.74) is 0.296. The Bertz CT molecular complexity index is 860. The minimum Gasteiger partial charge on any atom is -0.457 e. The number of Topliss-reactive ketones (excluding diaryl/α,β-unsaturated/α-hetero) is 1. The van der Waals surface area contributed by atoms with Crippen molar-refractivity contribution in [1.82, 2.24) is 0 Å². The average Bonchev–Trinajstić information content (AvgIpc) is 3.14. The first kappa shape index (κ1) is 45.9. The standard InChI is InChI=1S/C36H62O14/c1-2-3-4-8-11-39-12-13-40-14-15-41-16-17-42-18-19-43-20-21-44-22-23-45-24-25-46-26-27-47-28-29-48-30-31-49-32-33-50-36(38)35(37)34-9-6-5-7-10-34/h5-7,9-10H,2-4,8,11-33H2,1H3. The first-order chi connectivity index (χ1) is 24.8. The van der Waals surface area contributed by atoms with Crippen molar-refractivity contribution in [1.29, 1.82) is 0 Å². The summed E-state index contributed by atoms with van der Waals surface area (Å²) in [6.07, 6.45) is 4.87. The summed E-state index contributed by atoms with van der Waals surface area (Å²) in [5, 5.41) is 0. The van der Waals surface area contributed by atoms with E-state index in [2.05, 4.69) is 6.92 Å². The van der Waals surface area contributed by atoms with Crippen LogP contribution in [0.2, 0.25) is 0 Å². The SMILES string of the molecule is CCCCCCOCCOCCOCCOCCOCCOCCOCCOCCOCCOCCOCCOC(=O)C(=O)c1ccccc1. The van der Waals surface area contributed by atoms with E-state index in [9.17, 15) is 9.59 Å². The molecule has 0 amide bonds. The van der Waals surface area contributed by atoms with Crippen LogP contribution in [0.5, 0.6) is 0 Å². The number of esters is 1. The lowest BCUT2D eigenvalue weighted by Gasteiger charge is -2.09. The summed E-state index contributed by atoms with van der Waals surface area (Å²) in [5.74, 6) is -1.57. The van der Waals surface area contributed by atoms with Gasteiger partial charge >= 0.3 is 5.97 Å². The molecule has 14 heteroatoms. The first-order valence-electron chi connectivity index (χ1n) is 17.9. The second-order valence-corrected chi connectivity index (χ2v) is 10.6. The van der Waals surface area contributed by atoms with E-state index in [0.29, 0.717) is 138 Å². The summed E-state index contributed by atoms with van der Waals surface area (Å²) in [7, 11) is 0. The Balaban J connectivity index is 1.65. The second-order valence-electron chi connectivity index (χ2n) is 10.6. The average molecular weight is 719 g/mol. The van der Waals surface area contributed by atoms with Crippen LogP contribution < -0.4 is 0 Å². The molecule has 1 aromatic rings. The van der Waals surface area contributed by atoms with Crippen molar-refractivity contribution in [3.8, 4) is 0 Å². The molecule has 0 aliphatic heterocycles. The van der Waals surface area contributed by atoms with Crippen LogP contribution in [0.15, 0.2) is 30.3 Å². The van der Waals surface area contributed by atoms with Crippen LogP contribution in [0.25, 0.3) is 0 Å². The van der Waals surface area contributed by atoms with Crippen LogP contribution in [-0.2, 0) is 61.6 Å². The van der Waals surface area contributed by atoms with Crippen LogP contribution in [0, 0.1) is 0 Å². The lowest BCUT2D eigenvalue weighted by molar-refractivity contribution is -0.139. The number of carbonyl (C=O) groups excluding carboxylic acids is 2. The van der Waals surface area contributed by atoms with Crippen molar-refractivity contribution < 1.29 is 66.4 Å². The van der Waals surface area contributed by atoms with Gasteiger partial charge in [-0.2, -0.15) is 0 Å². The van der Waals surface area contributed by atoms with Crippen molar-refractivity contribution in [3.63, 3.8) is 0 Å². The van der Waals surface area contributed by atoms with Gasteiger partial charge in [-0.25, -0.2) is 4.79 Å². The second kappa shape index (κ2) is 38.2. The number of ketones is 1. The zero-order valence-corrected chi connectivity index (χ0v) is 30.2. The zero-order chi connectivity index (χ0) is 35.8. The van der Waals surface area contributed by atoms with Gasteiger partial charge in [0.2, 0.25) is 0 Å². The Kier molecular flexibility index (Phi) is 35.1. The lowest BCUT2D eigenvalue weighted by atomic mass is 10.1. The largest absolute Gasteiger partial charge is 0.457 e. The topological polar surface area (TPSA) is 145 Å². The summed E-state index contributed by atoms with van der Waals surface area (Å²) in [4.78, 5) is 23.6. The summed E-state index contributed by atoms with van der Waals surface area (Å²) < 4.78 is 65.0. The molecule has 0 aliphatic rings. The molecule has 0 aliphatic carbocycles. The quantitative estimate of drug-likeness (QED) is 0.0424. The normalized spacial score (nSPS) is 11.3. The maximum Gasteiger partial charge on any atom is 0.379 e. The van der Waals surface area contributed by atoms with E-state index in [1.54, 1.807) is 30.3 Å². The fourth-order valence-corrected chi connectivity index (χ4v) is 3.90. The maximum atomic E-state index is 11.9. The van der Waals surface area contributed by atoms with E-state index in [1.165, 1.54) is 19.3 Å². The molecular formula is C36H62O14. The van der Waals surface area contributed by atoms with E-state index in [0.717, 1.165) is 13.0 Å². The Morgan fingerprint density at radius 2 is 0.680 bits per heavy atom. The van der Waals surface area contributed by atoms with Gasteiger partial charge in [0.25, 0.3) is 5.78 Å². The van der Waals surface area contributed by atoms with Crippen molar-refractivity contribution in [3.05, 3.63) is 35.9 Å². The van der Waals surface area contributed by atoms with Crippen molar-refractivity contribution in [2.75, 3.05) is 152 Å². The van der Waals surface area contributed by atoms with Gasteiger partial charge in [0, 0.05) is 12.2 Å². The predicted octanol–water partition coefficient (Wildman–Crippen LogP) is 3.18. The fourth-order valence-electron chi connectivity index (χ4n) is 3.90. The van der Waals surface area contributed by atoms with E-state index in [-0.39, 0.29) is 13.2 Å². The van der Waals surface area contributed by atoms with E-state index in [1.807, 2.05) is 0 Å². The number of unbranched alkanes of at least 4 members (excludes halogenated alkanes) is 3. The fraction of sp³-hybridized carbons (Fsp3) is 0.778. The molecule has 50 heavy (non-hydrogen) atoms. The first-order valence-corrected chi connectivity index (χ1v) is 17.9. The van der Waals surface area contributed by atoms with Crippen molar-refractivity contribution in [2.24, 2.45) is 0 Å². The maximum absolute atomic E-state index is 11.9. The molecule has 1 rings (SSSR count). The zero-order valence-electron chi connectivity index (χ0n) is 30.2. The molecule has 0 atom stereocenters. The highest BCUT2D eigenvalue weighted by molar-refractivity contribution is 6.40. The van der Waals surface area contributed by atoms with Gasteiger partial charge in [-0.3, -0.25) is 4.79 Å². The molecule has 0 heterocycles. The van der Waals surface area contributed by atoms with Gasteiger partial charge in [0.1, 0.15) is 6.61 Å². The highest BCUT2D eigenvalue weighted by atomic mass is 16.6. The molecule has 14 nitrogen and oxygen atoms in total. The van der Waals surface area contributed by atoms with Gasteiger partial charge in [-0.1, -0.05) is 56.5 Å². The highest BCUT2D eigenvalue weighted by Gasteiger charge is 2.17. The monoisotopic (exact) mass is 718 g/mol. The molecule has 0 N–H and O–H groups in total. The van der Waals surface area contributed by atoms with Gasteiger partial charge < -0.3 is 56.8 Å². The molecule has 290 valence electrons. The van der Waals surface area contributed by atoms with Crippen LogP contribution >= 0.6 is 0 Å². The molecular weight excluding hydrogens is 656 g/mol. The number of carbonyl (C=O) groups is 2. The van der Waals surface area contributed by atoms with Gasteiger partial charge in [-0.05, 0) is 6.42 Å². The molecule has 0 saturated heterocycles. The van der Waals surface area contributed by atoms with Gasteiger partial charge in [-0.15, -0.1) is 0 Å². The smallest absolute Gasteiger partial charge is 0.379 e. The molecule has 1 aromatic carbocycles. The Hall–Kier alpha value is -2.08. The van der Waals surface area contributed by atoms with Crippen LogP contribution in [0.3, 0.4) is 0 Å². The number of hydrogen-bond donors (Lipinski definition) is 0. The third-order valence-corrected chi connectivity index (χ3v) is 6.54. The van der Waals surface area contributed by atoms with E-state index in [4.69, 9.17) is 56.8 Å². The van der Waals surface area contributed by atoms with Gasteiger partial charge in [0.15, 0.2) is 0 Å². The van der Waals surface area contributed by atoms with Crippen molar-refractivity contribution in [2.45, 2.75) is 32.6 Å². The predicted molar refractivity (Wildman–Crippen MR) is 185 cm³/mol. The van der Waals surface area contributed by atoms with E-state index < -0.39 is 11.8 Å². The molecule has 0 fully saturated rings. The third kappa shape index (κ3) is 31.9. The number of rotatable bonds is 40.